The molecule has 4 nitrogen and oxygen atoms in total. The third-order valence-electron chi connectivity index (χ3n) is 3.67. The zero-order valence-corrected chi connectivity index (χ0v) is 13.0. The van der Waals surface area contributed by atoms with E-state index in [4.69, 9.17) is 23.2 Å². The van der Waals surface area contributed by atoms with Crippen molar-refractivity contribution in [2.75, 3.05) is 13.1 Å². The number of nitrogens with one attached hydrogen (secondary N) is 3. The average molecular weight is 318 g/mol. The smallest absolute Gasteiger partial charge is 0.267 e. The molecular weight excluding hydrogens is 297 g/mol. The fourth-order valence-corrected chi connectivity index (χ4v) is 2.87. The molecule has 1 saturated carbocycles. The van der Waals surface area contributed by atoms with Crippen LogP contribution in [0.1, 0.15) is 49.0 Å². The van der Waals surface area contributed by atoms with Gasteiger partial charge in [-0.05, 0) is 18.9 Å². The molecule has 20 heavy (non-hydrogen) atoms. The molecule has 112 valence electrons. The van der Waals surface area contributed by atoms with Crippen molar-refractivity contribution < 1.29 is 4.79 Å². The van der Waals surface area contributed by atoms with Gasteiger partial charge in [-0.3, -0.25) is 4.79 Å². The van der Waals surface area contributed by atoms with Gasteiger partial charge in [0.15, 0.2) is 0 Å². The van der Waals surface area contributed by atoms with E-state index in [0.717, 1.165) is 6.54 Å². The Labute approximate surface area is 129 Å². The van der Waals surface area contributed by atoms with Crippen LogP contribution in [0.2, 0.25) is 10.2 Å². The number of halogens is 2. The minimum Gasteiger partial charge on any atom is -0.349 e. The van der Waals surface area contributed by atoms with E-state index in [1.807, 2.05) is 0 Å². The van der Waals surface area contributed by atoms with Crippen LogP contribution >= 0.6 is 23.2 Å². The molecule has 0 bridgehead atoms. The Balaban J connectivity index is 1.66. The van der Waals surface area contributed by atoms with Gasteiger partial charge in [0.2, 0.25) is 0 Å². The molecule has 1 amide bonds. The monoisotopic (exact) mass is 317 g/mol. The summed E-state index contributed by atoms with van der Waals surface area (Å²) in [6.07, 6.45) is 7.81. The summed E-state index contributed by atoms with van der Waals surface area (Å²) in [5, 5.41) is 7.02. The fourth-order valence-electron chi connectivity index (χ4n) is 2.56. The molecule has 0 aromatic carbocycles. The van der Waals surface area contributed by atoms with Gasteiger partial charge in [-0.15, -0.1) is 0 Å². The number of rotatable bonds is 5. The van der Waals surface area contributed by atoms with Gasteiger partial charge in [0.05, 0.1) is 5.02 Å². The Morgan fingerprint density at radius 2 is 1.90 bits per heavy atom. The van der Waals surface area contributed by atoms with Gasteiger partial charge in [-0.1, -0.05) is 48.9 Å². The lowest BCUT2D eigenvalue weighted by atomic mass is 10.1. The number of hydrogen-bond acceptors (Lipinski definition) is 2. The molecule has 1 heterocycles. The summed E-state index contributed by atoms with van der Waals surface area (Å²) < 4.78 is 0. The van der Waals surface area contributed by atoms with Gasteiger partial charge in [0.1, 0.15) is 10.8 Å². The van der Waals surface area contributed by atoms with Crippen LogP contribution in [0.15, 0.2) is 6.07 Å². The predicted octanol–water partition coefficient (Wildman–Crippen LogP) is 3.36. The van der Waals surface area contributed by atoms with Gasteiger partial charge >= 0.3 is 0 Å². The maximum absolute atomic E-state index is 11.8. The lowest BCUT2D eigenvalue weighted by Gasteiger charge is -2.16. The number of aromatic nitrogens is 1. The second-order valence-electron chi connectivity index (χ2n) is 5.24. The highest BCUT2D eigenvalue weighted by Crippen LogP contribution is 2.21. The Morgan fingerprint density at radius 3 is 2.50 bits per heavy atom. The highest BCUT2D eigenvalue weighted by atomic mass is 35.5. The summed E-state index contributed by atoms with van der Waals surface area (Å²) in [4.78, 5) is 14.6. The quantitative estimate of drug-likeness (QED) is 0.576. The number of carbonyl (C=O) groups excluding carboxylic acids is 1. The van der Waals surface area contributed by atoms with E-state index in [1.54, 1.807) is 0 Å². The van der Waals surface area contributed by atoms with Gasteiger partial charge in [0.25, 0.3) is 5.91 Å². The summed E-state index contributed by atoms with van der Waals surface area (Å²) >= 11 is 11.6. The third-order valence-corrected chi connectivity index (χ3v) is 4.36. The molecule has 1 aliphatic carbocycles. The van der Waals surface area contributed by atoms with Crippen molar-refractivity contribution >= 4 is 29.1 Å². The van der Waals surface area contributed by atoms with Crippen molar-refractivity contribution in [3.05, 3.63) is 21.9 Å². The Hall–Kier alpha value is -0.710. The van der Waals surface area contributed by atoms with E-state index < -0.39 is 0 Å². The topological polar surface area (TPSA) is 56.9 Å². The number of amides is 1. The van der Waals surface area contributed by atoms with E-state index in [-0.39, 0.29) is 5.91 Å². The molecule has 2 rings (SSSR count). The SMILES string of the molecule is O=C(NCCNC1CCCCCC1)c1cc(Cl)c(Cl)[nH]1. The van der Waals surface area contributed by atoms with Crippen LogP contribution < -0.4 is 10.6 Å². The van der Waals surface area contributed by atoms with E-state index in [0.29, 0.717) is 28.5 Å². The highest BCUT2D eigenvalue weighted by Gasteiger charge is 2.13. The maximum Gasteiger partial charge on any atom is 0.267 e. The second-order valence-corrected chi connectivity index (χ2v) is 6.03. The van der Waals surface area contributed by atoms with E-state index in [2.05, 4.69) is 15.6 Å². The van der Waals surface area contributed by atoms with Gasteiger partial charge in [-0.25, -0.2) is 0 Å². The summed E-state index contributed by atoms with van der Waals surface area (Å²) in [5.41, 5.74) is 0.398. The average Bonchev–Trinajstić information content (AvgIpc) is 2.66. The van der Waals surface area contributed by atoms with Crippen LogP contribution in [-0.4, -0.2) is 30.0 Å². The van der Waals surface area contributed by atoms with Crippen LogP contribution in [0.4, 0.5) is 0 Å². The van der Waals surface area contributed by atoms with E-state index in [9.17, 15) is 4.79 Å². The summed E-state index contributed by atoms with van der Waals surface area (Å²) in [6, 6.07) is 2.14. The fraction of sp³-hybridized carbons (Fsp3) is 0.643. The Kier molecular flexibility index (Phi) is 6.20. The van der Waals surface area contributed by atoms with Crippen molar-refractivity contribution in [3.63, 3.8) is 0 Å². The molecule has 0 aliphatic heterocycles. The zero-order valence-electron chi connectivity index (χ0n) is 11.5. The summed E-state index contributed by atoms with van der Waals surface area (Å²) in [6.45, 7) is 1.39. The largest absolute Gasteiger partial charge is 0.349 e. The van der Waals surface area contributed by atoms with Gasteiger partial charge in [0, 0.05) is 19.1 Å². The standard InChI is InChI=1S/C14H21Cl2N3O/c15-11-9-12(19-13(11)16)14(20)18-8-7-17-10-5-3-1-2-4-6-10/h9-10,17,19H,1-8H2,(H,18,20). The summed E-state index contributed by atoms with van der Waals surface area (Å²) in [5.74, 6) is -0.179. The second kappa shape index (κ2) is 7.91. The lowest BCUT2D eigenvalue weighted by molar-refractivity contribution is 0.0949. The predicted molar refractivity (Wildman–Crippen MR) is 82.6 cm³/mol. The minimum absolute atomic E-state index is 0.179. The van der Waals surface area contributed by atoms with Crippen molar-refractivity contribution in [2.24, 2.45) is 0 Å². The first-order valence-corrected chi connectivity index (χ1v) is 7.98. The lowest BCUT2D eigenvalue weighted by Crippen LogP contribution is -2.36. The number of carbonyl (C=O) groups is 1. The van der Waals surface area contributed by atoms with Gasteiger partial charge < -0.3 is 15.6 Å². The Morgan fingerprint density at radius 1 is 1.20 bits per heavy atom. The molecular formula is C14H21Cl2N3O. The van der Waals surface area contributed by atoms with Crippen LogP contribution in [-0.2, 0) is 0 Å². The molecule has 6 heteroatoms. The Bertz CT molecular complexity index is 420. The van der Waals surface area contributed by atoms with Crippen LogP contribution in [0.25, 0.3) is 0 Å². The molecule has 0 saturated heterocycles. The van der Waals surface area contributed by atoms with Crippen molar-refractivity contribution in [2.45, 2.75) is 44.6 Å². The molecule has 1 aliphatic rings. The molecule has 3 N–H and O–H groups in total. The number of H-pyrrole nitrogens is 1. The first-order valence-electron chi connectivity index (χ1n) is 7.22. The van der Waals surface area contributed by atoms with E-state index >= 15 is 0 Å². The molecule has 1 fully saturated rings. The molecule has 1 aromatic rings. The molecule has 0 spiro atoms. The normalized spacial score (nSPS) is 16.9. The van der Waals surface area contributed by atoms with Crippen LogP contribution in [0, 0.1) is 0 Å². The molecule has 0 radical (unpaired) electrons. The first kappa shape index (κ1) is 15.7. The first-order chi connectivity index (χ1) is 9.66. The molecule has 1 aromatic heterocycles. The third kappa shape index (κ3) is 4.69. The molecule has 0 atom stereocenters. The zero-order chi connectivity index (χ0) is 14.4. The van der Waals surface area contributed by atoms with Crippen molar-refractivity contribution in [1.29, 1.82) is 0 Å². The highest BCUT2D eigenvalue weighted by molar-refractivity contribution is 6.41. The van der Waals surface area contributed by atoms with Gasteiger partial charge in [-0.2, -0.15) is 0 Å². The van der Waals surface area contributed by atoms with Crippen molar-refractivity contribution in [1.82, 2.24) is 15.6 Å². The minimum atomic E-state index is -0.179. The summed E-state index contributed by atoms with van der Waals surface area (Å²) in [7, 11) is 0. The van der Waals surface area contributed by atoms with Crippen LogP contribution in [0.3, 0.4) is 0 Å². The molecule has 0 unspecified atom stereocenters. The number of aromatic amines is 1. The van der Waals surface area contributed by atoms with Crippen LogP contribution in [0.5, 0.6) is 0 Å². The van der Waals surface area contributed by atoms with E-state index in [1.165, 1.54) is 44.6 Å². The maximum atomic E-state index is 11.8. The number of hydrogen-bond donors (Lipinski definition) is 3. The van der Waals surface area contributed by atoms with Crippen molar-refractivity contribution in [3.8, 4) is 0 Å².